The number of anilines is 1. The summed E-state index contributed by atoms with van der Waals surface area (Å²) in [6.07, 6.45) is 1.63. The molecule has 0 unspecified atom stereocenters. The van der Waals surface area contributed by atoms with E-state index in [9.17, 15) is 9.59 Å². The molecule has 0 aliphatic carbocycles. The normalized spacial score (nSPS) is 11.0. The van der Waals surface area contributed by atoms with Crippen LogP contribution in [0.15, 0.2) is 60.4 Å². The molecule has 3 rings (SSSR count). The first-order chi connectivity index (χ1) is 15.0. The van der Waals surface area contributed by atoms with E-state index in [0.717, 1.165) is 16.3 Å². The van der Waals surface area contributed by atoms with Gasteiger partial charge in [0.2, 0.25) is 0 Å². The number of fused-ring (bicyclic) bond motifs is 1. The van der Waals surface area contributed by atoms with Gasteiger partial charge in [-0.15, -0.1) is 0 Å². The van der Waals surface area contributed by atoms with Gasteiger partial charge in [0.05, 0.1) is 39.7 Å². The molecule has 0 aliphatic heterocycles. The molecule has 1 amide bonds. The van der Waals surface area contributed by atoms with Crippen molar-refractivity contribution in [3.63, 3.8) is 0 Å². The molecule has 0 atom stereocenters. The Morgan fingerprint density at radius 1 is 0.806 bits per heavy atom. The fourth-order valence-corrected chi connectivity index (χ4v) is 3.11. The molecular weight excluding hydrogens is 398 g/mol. The molecule has 0 aromatic heterocycles. The number of benzene rings is 3. The summed E-state index contributed by atoms with van der Waals surface area (Å²) in [5.41, 5.74) is 1.12. The molecule has 0 spiro atoms. The molecule has 7 nitrogen and oxygen atoms in total. The number of hydrogen-bond donors (Lipinski definition) is 1. The average Bonchev–Trinajstić information content (AvgIpc) is 2.81. The minimum absolute atomic E-state index is 0.0703. The van der Waals surface area contributed by atoms with Crippen LogP contribution in [0, 0.1) is 0 Å². The highest BCUT2D eigenvalue weighted by molar-refractivity contribution is 6.09. The predicted molar refractivity (Wildman–Crippen MR) is 118 cm³/mol. The third-order valence-corrected chi connectivity index (χ3v) is 4.69. The van der Waals surface area contributed by atoms with E-state index < -0.39 is 11.9 Å². The Balaban J connectivity index is 1.95. The van der Waals surface area contributed by atoms with Crippen LogP contribution in [-0.4, -0.2) is 40.3 Å². The Bertz CT molecular complexity index is 1150. The number of esters is 1. The number of carbonyl (C=O) groups is 2. The van der Waals surface area contributed by atoms with Crippen molar-refractivity contribution < 1.29 is 28.5 Å². The van der Waals surface area contributed by atoms with Crippen molar-refractivity contribution in [1.82, 2.24) is 0 Å². The molecule has 0 fully saturated rings. The smallest absolute Gasteiger partial charge is 0.340 e. The number of rotatable bonds is 7. The standard InChI is InChI=1S/C24H23NO6/c1-28-20-13-18(24(27)31-4)19(14-21(20)29-2)25-23(26)22(30-3)12-15-9-10-16-7-5-6-8-17(16)11-15/h5-14H,1-4H3,(H,25,26)/b22-12+. The second-order valence-corrected chi connectivity index (χ2v) is 6.52. The molecular formula is C24H23NO6. The van der Waals surface area contributed by atoms with Gasteiger partial charge in [-0.3, -0.25) is 4.79 Å². The van der Waals surface area contributed by atoms with E-state index in [0.29, 0.717) is 11.5 Å². The van der Waals surface area contributed by atoms with Gasteiger partial charge >= 0.3 is 5.97 Å². The fourth-order valence-electron chi connectivity index (χ4n) is 3.11. The second kappa shape index (κ2) is 9.67. The fraction of sp³-hybridized carbons (Fsp3) is 0.167. The number of methoxy groups -OCH3 is 4. The van der Waals surface area contributed by atoms with Crippen molar-refractivity contribution in [1.29, 1.82) is 0 Å². The zero-order chi connectivity index (χ0) is 22.4. The zero-order valence-electron chi connectivity index (χ0n) is 17.7. The molecule has 0 radical (unpaired) electrons. The van der Waals surface area contributed by atoms with E-state index in [-0.39, 0.29) is 17.0 Å². The lowest BCUT2D eigenvalue weighted by molar-refractivity contribution is -0.115. The molecule has 0 aliphatic rings. The molecule has 0 saturated heterocycles. The van der Waals surface area contributed by atoms with Crippen LogP contribution in [0.3, 0.4) is 0 Å². The van der Waals surface area contributed by atoms with Crippen LogP contribution in [0.5, 0.6) is 11.5 Å². The summed E-state index contributed by atoms with van der Waals surface area (Å²) in [6, 6.07) is 16.7. The molecule has 7 heteroatoms. The van der Waals surface area contributed by atoms with Gasteiger partial charge in [0.1, 0.15) is 0 Å². The van der Waals surface area contributed by atoms with E-state index in [1.54, 1.807) is 6.08 Å². The number of hydrogen-bond acceptors (Lipinski definition) is 6. The molecule has 160 valence electrons. The maximum atomic E-state index is 12.9. The van der Waals surface area contributed by atoms with E-state index in [1.165, 1.54) is 40.6 Å². The quantitative estimate of drug-likeness (QED) is 0.349. The Labute approximate surface area is 180 Å². The molecule has 3 aromatic carbocycles. The number of nitrogens with one attached hydrogen (secondary N) is 1. The maximum Gasteiger partial charge on any atom is 0.340 e. The van der Waals surface area contributed by atoms with Crippen molar-refractivity contribution in [3.05, 3.63) is 71.5 Å². The van der Waals surface area contributed by atoms with Crippen molar-refractivity contribution in [3.8, 4) is 11.5 Å². The lowest BCUT2D eigenvalue weighted by Crippen LogP contribution is -2.18. The van der Waals surface area contributed by atoms with Gasteiger partial charge in [-0.2, -0.15) is 0 Å². The monoisotopic (exact) mass is 421 g/mol. The first kappa shape index (κ1) is 21.7. The first-order valence-electron chi connectivity index (χ1n) is 9.41. The zero-order valence-corrected chi connectivity index (χ0v) is 17.7. The third kappa shape index (κ3) is 4.78. The van der Waals surface area contributed by atoms with Gasteiger partial charge in [0, 0.05) is 12.1 Å². The van der Waals surface area contributed by atoms with Crippen LogP contribution >= 0.6 is 0 Å². The average molecular weight is 421 g/mol. The number of ether oxygens (including phenoxy) is 4. The Morgan fingerprint density at radius 3 is 2.13 bits per heavy atom. The van der Waals surface area contributed by atoms with Crippen LogP contribution in [0.4, 0.5) is 5.69 Å². The highest BCUT2D eigenvalue weighted by Crippen LogP contribution is 2.34. The molecule has 0 saturated carbocycles. The summed E-state index contributed by atoms with van der Waals surface area (Å²) >= 11 is 0. The van der Waals surface area contributed by atoms with Crippen molar-refractivity contribution in [2.24, 2.45) is 0 Å². The van der Waals surface area contributed by atoms with Crippen molar-refractivity contribution in [2.75, 3.05) is 33.8 Å². The van der Waals surface area contributed by atoms with E-state index in [1.807, 2.05) is 42.5 Å². The van der Waals surface area contributed by atoms with Gasteiger partial charge in [0.25, 0.3) is 5.91 Å². The number of carbonyl (C=O) groups excluding carboxylic acids is 2. The highest BCUT2D eigenvalue weighted by Gasteiger charge is 2.20. The second-order valence-electron chi connectivity index (χ2n) is 6.52. The maximum absolute atomic E-state index is 12.9. The van der Waals surface area contributed by atoms with Crippen LogP contribution < -0.4 is 14.8 Å². The van der Waals surface area contributed by atoms with Gasteiger partial charge in [-0.1, -0.05) is 36.4 Å². The highest BCUT2D eigenvalue weighted by atomic mass is 16.5. The van der Waals surface area contributed by atoms with Crippen LogP contribution in [0.25, 0.3) is 16.8 Å². The summed E-state index contributed by atoms with van der Waals surface area (Å²) < 4.78 is 20.6. The van der Waals surface area contributed by atoms with Crippen LogP contribution in [0.1, 0.15) is 15.9 Å². The lowest BCUT2D eigenvalue weighted by atomic mass is 10.1. The van der Waals surface area contributed by atoms with E-state index in [2.05, 4.69) is 5.32 Å². The third-order valence-electron chi connectivity index (χ3n) is 4.69. The van der Waals surface area contributed by atoms with E-state index >= 15 is 0 Å². The van der Waals surface area contributed by atoms with Gasteiger partial charge < -0.3 is 24.3 Å². The van der Waals surface area contributed by atoms with Gasteiger partial charge in [-0.05, 0) is 28.5 Å². The van der Waals surface area contributed by atoms with Gasteiger partial charge in [0.15, 0.2) is 17.3 Å². The Hall–Kier alpha value is -4.00. The largest absolute Gasteiger partial charge is 0.493 e. The SMILES string of the molecule is COC(=O)c1cc(OC)c(OC)cc1NC(=O)/C(=C\c1ccc2ccccc2c1)OC. The summed E-state index contributed by atoms with van der Waals surface area (Å²) in [5.74, 6) is -0.412. The Kier molecular flexibility index (Phi) is 6.77. The van der Waals surface area contributed by atoms with Crippen molar-refractivity contribution >= 4 is 34.4 Å². The molecule has 0 bridgehead atoms. The number of amides is 1. The topological polar surface area (TPSA) is 83.1 Å². The molecule has 0 heterocycles. The summed E-state index contributed by atoms with van der Waals surface area (Å²) in [4.78, 5) is 25.1. The minimum atomic E-state index is -0.631. The minimum Gasteiger partial charge on any atom is -0.493 e. The summed E-state index contributed by atoms with van der Waals surface area (Å²) in [7, 11) is 5.57. The van der Waals surface area contributed by atoms with Gasteiger partial charge in [-0.25, -0.2) is 4.79 Å². The van der Waals surface area contributed by atoms with E-state index in [4.69, 9.17) is 18.9 Å². The summed E-state index contributed by atoms with van der Waals surface area (Å²) in [5, 5.41) is 4.83. The summed E-state index contributed by atoms with van der Waals surface area (Å²) in [6.45, 7) is 0. The Morgan fingerprint density at radius 2 is 1.48 bits per heavy atom. The van der Waals surface area contributed by atoms with Crippen molar-refractivity contribution in [2.45, 2.75) is 0 Å². The molecule has 31 heavy (non-hydrogen) atoms. The molecule has 1 N–H and O–H groups in total. The first-order valence-corrected chi connectivity index (χ1v) is 9.41. The predicted octanol–water partition coefficient (Wildman–Crippen LogP) is 4.27. The lowest BCUT2D eigenvalue weighted by Gasteiger charge is -2.15. The van der Waals surface area contributed by atoms with Crippen LogP contribution in [-0.2, 0) is 14.3 Å². The molecule has 3 aromatic rings. The van der Waals surface area contributed by atoms with Crippen LogP contribution in [0.2, 0.25) is 0 Å².